The van der Waals surface area contributed by atoms with Crippen molar-refractivity contribution in [2.75, 3.05) is 7.11 Å². The summed E-state index contributed by atoms with van der Waals surface area (Å²) in [5.74, 6) is 2.67. The predicted molar refractivity (Wildman–Crippen MR) is 122 cm³/mol. The third kappa shape index (κ3) is 3.99. The first-order valence-electron chi connectivity index (χ1n) is 10.3. The topological polar surface area (TPSA) is 73.9 Å². The molecule has 5 rings (SSSR count). The number of nitrogens with one attached hydrogen (secondary N) is 1. The number of hydrogen-bond acceptors (Lipinski definition) is 5. The van der Waals surface area contributed by atoms with Crippen molar-refractivity contribution in [1.29, 1.82) is 0 Å². The van der Waals surface area contributed by atoms with Gasteiger partial charge in [0, 0.05) is 17.7 Å². The van der Waals surface area contributed by atoms with Crippen LogP contribution in [-0.2, 0) is 22.2 Å². The fourth-order valence-electron chi connectivity index (χ4n) is 3.99. The third-order valence-corrected chi connectivity index (χ3v) is 6.65. The summed E-state index contributed by atoms with van der Waals surface area (Å²) in [7, 11) is 0.128. The molecule has 6 nitrogen and oxygen atoms in total. The molecule has 7 heteroatoms. The van der Waals surface area contributed by atoms with Crippen LogP contribution in [0.5, 0.6) is 23.0 Å². The Kier molecular flexibility index (Phi) is 5.41. The lowest BCUT2D eigenvalue weighted by atomic mass is 10.1. The highest BCUT2D eigenvalue weighted by atomic mass is 32.2. The second kappa shape index (κ2) is 8.51. The Balaban J connectivity index is 1.33. The molecule has 0 aromatic heterocycles. The minimum atomic E-state index is -1.50. The molecule has 162 valence electrons. The predicted octanol–water partition coefficient (Wildman–Crippen LogP) is 4.69. The van der Waals surface area contributed by atoms with E-state index in [1.54, 1.807) is 7.11 Å². The van der Waals surface area contributed by atoms with E-state index >= 15 is 0 Å². The maximum absolute atomic E-state index is 11.9. The van der Waals surface area contributed by atoms with E-state index in [1.807, 2.05) is 60.7 Å². The average molecular weight is 448 g/mol. The van der Waals surface area contributed by atoms with Gasteiger partial charge in [-0.05, 0) is 54.3 Å². The third-order valence-electron chi connectivity index (χ3n) is 5.51. The van der Waals surface area contributed by atoms with Gasteiger partial charge in [-0.25, -0.2) is 4.21 Å². The SMILES string of the molecule is COc1cccc(Oc2cccc3c2CC[C@H]3Oc2ccc(C3=CC(=O)NS3=O)cc2)c1. The van der Waals surface area contributed by atoms with E-state index in [2.05, 4.69) is 10.8 Å². The van der Waals surface area contributed by atoms with Crippen LogP contribution >= 0.6 is 0 Å². The molecule has 0 radical (unpaired) electrons. The Morgan fingerprint density at radius 2 is 1.75 bits per heavy atom. The molecule has 1 heterocycles. The second-order valence-corrected chi connectivity index (χ2v) is 8.70. The minimum absolute atomic E-state index is 0.0761. The van der Waals surface area contributed by atoms with Crippen LogP contribution in [0, 0.1) is 0 Å². The zero-order chi connectivity index (χ0) is 22.1. The van der Waals surface area contributed by atoms with Gasteiger partial charge in [-0.3, -0.25) is 9.52 Å². The molecule has 0 saturated heterocycles. The number of ether oxygens (including phenoxy) is 3. The van der Waals surface area contributed by atoms with Crippen molar-refractivity contribution in [3.8, 4) is 23.0 Å². The van der Waals surface area contributed by atoms with Gasteiger partial charge in [0.2, 0.25) is 0 Å². The highest BCUT2D eigenvalue weighted by Gasteiger charge is 2.27. The molecular formula is C25H21NO5S. The van der Waals surface area contributed by atoms with Crippen LogP contribution in [0.25, 0.3) is 4.91 Å². The normalized spacial score (nSPS) is 19.2. The molecule has 1 unspecified atom stereocenters. The van der Waals surface area contributed by atoms with E-state index < -0.39 is 11.0 Å². The molecular weight excluding hydrogens is 426 g/mol. The largest absolute Gasteiger partial charge is 0.497 e. The van der Waals surface area contributed by atoms with E-state index in [1.165, 1.54) is 6.08 Å². The number of carbonyl (C=O) groups excluding carboxylic acids is 1. The zero-order valence-electron chi connectivity index (χ0n) is 17.4. The number of amides is 1. The number of carbonyl (C=O) groups is 1. The monoisotopic (exact) mass is 447 g/mol. The zero-order valence-corrected chi connectivity index (χ0v) is 18.2. The number of hydrogen-bond donors (Lipinski definition) is 1. The van der Waals surface area contributed by atoms with E-state index in [0.717, 1.165) is 52.5 Å². The van der Waals surface area contributed by atoms with Gasteiger partial charge in [0.25, 0.3) is 5.91 Å². The van der Waals surface area contributed by atoms with Gasteiger partial charge in [0.05, 0.1) is 12.0 Å². The smallest absolute Gasteiger partial charge is 0.257 e. The number of benzene rings is 3. The highest BCUT2D eigenvalue weighted by molar-refractivity contribution is 7.93. The van der Waals surface area contributed by atoms with Crippen LogP contribution in [-0.4, -0.2) is 17.2 Å². The molecule has 1 N–H and O–H groups in total. The lowest BCUT2D eigenvalue weighted by Crippen LogP contribution is -2.16. The first kappa shape index (κ1) is 20.3. The molecule has 1 aliphatic carbocycles. The van der Waals surface area contributed by atoms with Crippen LogP contribution in [0.15, 0.2) is 72.8 Å². The molecule has 0 spiro atoms. The maximum atomic E-state index is 11.9. The molecule has 1 aliphatic heterocycles. The summed E-state index contributed by atoms with van der Waals surface area (Å²) in [5, 5.41) is 0. The fraction of sp³-hybridized carbons (Fsp3) is 0.160. The molecule has 3 aromatic rings. The van der Waals surface area contributed by atoms with Crippen molar-refractivity contribution in [3.63, 3.8) is 0 Å². The van der Waals surface area contributed by atoms with Crippen LogP contribution in [0.3, 0.4) is 0 Å². The Labute approximate surface area is 188 Å². The Bertz CT molecular complexity index is 1240. The fourth-order valence-corrected chi connectivity index (χ4v) is 4.91. The second-order valence-electron chi connectivity index (χ2n) is 7.52. The van der Waals surface area contributed by atoms with Crippen LogP contribution in [0.1, 0.15) is 29.2 Å². The van der Waals surface area contributed by atoms with Crippen LogP contribution in [0.4, 0.5) is 0 Å². The molecule has 2 atom stereocenters. The van der Waals surface area contributed by atoms with Gasteiger partial charge in [-0.1, -0.05) is 30.3 Å². The van der Waals surface area contributed by atoms with Gasteiger partial charge in [0.15, 0.2) is 11.0 Å². The summed E-state index contributed by atoms with van der Waals surface area (Å²) in [6.07, 6.45) is 3.00. The number of fused-ring (bicyclic) bond motifs is 1. The number of methoxy groups -OCH3 is 1. The molecule has 1 amide bonds. The Hall–Kier alpha value is -3.58. The Morgan fingerprint density at radius 3 is 2.50 bits per heavy atom. The summed E-state index contributed by atoms with van der Waals surface area (Å²) in [6, 6.07) is 20.9. The molecule has 32 heavy (non-hydrogen) atoms. The summed E-state index contributed by atoms with van der Waals surface area (Å²) in [4.78, 5) is 11.9. The standard InChI is InChI=1S/C25H21NO5S/c1-29-18-4-2-5-19(14-18)31-22-7-3-6-20-21(22)12-13-23(20)30-17-10-8-16(9-11-17)24-15-25(27)26-32(24)28/h2-11,14-15,23H,12-13H2,1H3,(H,26,27)/t23-,32?/m1/s1. The van der Waals surface area contributed by atoms with Crippen molar-refractivity contribution >= 4 is 21.8 Å². The van der Waals surface area contributed by atoms with Gasteiger partial charge >= 0.3 is 0 Å². The van der Waals surface area contributed by atoms with E-state index in [-0.39, 0.29) is 12.0 Å². The summed E-state index contributed by atoms with van der Waals surface area (Å²) in [5.41, 5.74) is 2.99. The van der Waals surface area contributed by atoms with Crippen LogP contribution < -0.4 is 18.9 Å². The summed E-state index contributed by atoms with van der Waals surface area (Å²) < 4.78 is 32.0. The quantitative estimate of drug-likeness (QED) is 0.594. The van der Waals surface area contributed by atoms with E-state index in [9.17, 15) is 9.00 Å². The molecule has 0 fully saturated rings. The summed E-state index contributed by atoms with van der Waals surface area (Å²) >= 11 is 0. The number of rotatable bonds is 6. The minimum Gasteiger partial charge on any atom is -0.497 e. The van der Waals surface area contributed by atoms with Gasteiger partial charge in [-0.15, -0.1) is 0 Å². The van der Waals surface area contributed by atoms with Gasteiger partial charge in [0.1, 0.15) is 29.1 Å². The van der Waals surface area contributed by atoms with E-state index in [0.29, 0.717) is 4.91 Å². The van der Waals surface area contributed by atoms with Crippen molar-refractivity contribution in [2.45, 2.75) is 18.9 Å². The van der Waals surface area contributed by atoms with Crippen LogP contribution in [0.2, 0.25) is 0 Å². The molecule has 2 aliphatic rings. The molecule has 0 saturated carbocycles. The van der Waals surface area contributed by atoms with Crippen molar-refractivity contribution < 1.29 is 23.2 Å². The average Bonchev–Trinajstić information content (AvgIpc) is 3.37. The van der Waals surface area contributed by atoms with Gasteiger partial charge < -0.3 is 14.2 Å². The highest BCUT2D eigenvalue weighted by Crippen LogP contribution is 2.41. The van der Waals surface area contributed by atoms with Crippen molar-refractivity contribution in [1.82, 2.24) is 4.72 Å². The lowest BCUT2D eigenvalue weighted by molar-refractivity contribution is -0.114. The first-order chi connectivity index (χ1) is 15.6. The molecule has 3 aromatic carbocycles. The van der Waals surface area contributed by atoms with E-state index in [4.69, 9.17) is 14.2 Å². The lowest BCUT2D eigenvalue weighted by Gasteiger charge is -2.16. The van der Waals surface area contributed by atoms with Gasteiger partial charge in [-0.2, -0.15) is 0 Å². The Morgan fingerprint density at radius 1 is 0.969 bits per heavy atom. The van der Waals surface area contributed by atoms with Crippen molar-refractivity contribution in [2.24, 2.45) is 0 Å². The summed E-state index contributed by atoms with van der Waals surface area (Å²) in [6.45, 7) is 0. The first-order valence-corrected chi connectivity index (χ1v) is 11.4. The maximum Gasteiger partial charge on any atom is 0.257 e. The van der Waals surface area contributed by atoms with Crippen molar-refractivity contribution in [3.05, 3.63) is 89.5 Å². The molecule has 0 bridgehead atoms.